The lowest BCUT2D eigenvalue weighted by Gasteiger charge is -2.23. The first-order valence-electron chi connectivity index (χ1n) is 9.60. The number of rotatable bonds is 7. The predicted octanol–water partition coefficient (Wildman–Crippen LogP) is 2.75. The van der Waals surface area contributed by atoms with Gasteiger partial charge in [0.1, 0.15) is 0 Å². The van der Waals surface area contributed by atoms with Gasteiger partial charge < -0.3 is 16.8 Å². The molecule has 0 aromatic heterocycles. The summed E-state index contributed by atoms with van der Waals surface area (Å²) in [5, 5.41) is 2.72. The van der Waals surface area contributed by atoms with Crippen LogP contribution in [0.5, 0.6) is 0 Å². The number of aldehydes is 1. The summed E-state index contributed by atoms with van der Waals surface area (Å²) in [6.07, 6.45) is 4.26. The van der Waals surface area contributed by atoms with Crippen molar-refractivity contribution in [1.82, 2.24) is 5.32 Å². The Kier molecular flexibility index (Phi) is 5.77. The van der Waals surface area contributed by atoms with E-state index in [4.69, 9.17) is 11.5 Å². The first-order chi connectivity index (χ1) is 13.9. The summed E-state index contributed by atoms with van der Waals surface area (Å²) in [5.41, 5.74) is 11.7. The van der Waals surface area contributed by atoms with Crippen LogP contribution in [0.15, 0.2) is 24.3 Å². The molecule has 2 aromatic rings. The van der Waals surface area contributed by atoms with Gasteiger partial charge in [0, 0.05) is 17.7 Å². The van der Waals surface area contributed by atoms with Crippen molar-refractivity contribution < 1.29 is 19.2 Å². The third-order valence-electron chi connectivity index (χ3n) is 5.15. The average molecular weight is 393 g/mol. The molecule has 1 aliphatic carbocycles. The van der Waals surface area contributed by atoms with Gasteiger partial charge in [-0.1, -0.05) is 50.5 Å². The zero-order chi connectivity index (χ0) is 21.1. The lowest BCUT2D eigenvalue weighted by molar-refractivity contribution is 0.0946. The number of hydrogen-bond acceptors (Lipinski definition) is 6. The second-order valence-electron chi connectivity index (χ2n) is 7.00. The molecule has 1 aliphatic rings. The Morgan fingerprint density at radius 3 is 2.10 bits per heavy atom. The van der Waals surface area contributed by atoms with Gasteiger partial charge in [-0.25, -0.2) is 0 Å². The van der Waals surface area contributed by atoms with Gasteiger partial charge in [0.05, 0.1) is 33.6 Å². The molecule has 0 unspecified atom stereocenters. The molecule has 0 fully saturated rings. The molecular weight excluding hydrogens is 370 g/mol. The van der Waals surface area contributed by atoms with Crippen molar-refractivity contribution in [2.75, 3.05) is 18.0 Å². The summed E-state index contributed by atoms with van der Waals surface area (Å²) in [6.45, 7) is 2.49. The molecular formula is C22H23N3O4. The van der Waals surface area contributed by atoms with Crippen LogP contribution in [0.25, 0.3) is 0 Å². The Labute approximate surface area is 168 Å². The zero-order valence-corrected chi connectivity index (χ0v) is 16.2. The number of amides is 1. The van der Waals surface area contributed by atoms with E-state index >= 15 is 0 Å². The minimum Gasteiger partial charge on any atom is -0.398 e. The highest BCUT2D eigenvalue weighted by Gasteiger charge is 2.37. The number of nitrogens with two attached hydrogens (primary N) is 2. The second-order valence-corrected chi connectivity index (χ2v) is 7.00. The van der Waals surface area contributed by atoms with Crippen LogP contribution in [0.4, 0.5) is 11.4 Å². The number of fused-ring (bicyclic) bond motifs is 2. The topological polar surface area (TPSA) is 132 Å². The molecule has 29 heavy (non-hydrogen) atoms. The van der Waals surface area contributed by atoms with Crippen LogP contribution < -0.4 is 16.8 Å². The molecule has 0 saturated carbocycles. The Bertz CT molecular complexity index is 1030. The summed E-state index contributed by atoms with van der Waals surface area (Å²) in [5.74, 6) is -1.57. The zero-order valence-electron chi connectivity index (χ0n) is 16.2. The Balaban J connectivity index is 2.08. The highest BCUT2D eigenvalue weighted by molar-refractivity contribution is 6.33. The maximum Gasteiger partial charge on any atom is 0.254 e. The van der Waals surface area contributed by atoms with E-state index in [-0.39, 0.29) is 44.8 Å². The van der Waals surface area contributed by atoms with E-state index in [0.717, 1.165) is 25.7 Å². The number of unbranched alkanes of at least 4 members (excludes halogenated alkanes) is 3. The molecule has 0 saturated heterocycles. The Morgan fingerprint density at radius 2 is 1.55 bits per heavy atom. The third kappa shape index (κ3) is 3.40. The van der Waals surface area contributed by atoms with Crippen molar-refractivity contribution in [3.8, 4) is 0 Å². The molecule has 150 valence electrons. The number of nitrogens with one attached hydrogen (secondary N) is 1. The van der Waals surface area contributed by atoms with Gasteiger partial charge in [-0.3, -0.25) is 19.2 Å². The first-order valence-corrected chi connectivity index (χ1v) is 9.60. The molecule has 7 heteroatoms. The van der Waals surface area contributed by atoms with E-state index in [1.54, 1.807) is 12.1 Å². The average Bonchev–Trinajstić information content (AvgIpc) is 2.72. The molecule has 0 bridgehead atoms. The standard InChI is InChI=1S/C22H23N3O4/c1-2-3-4-7-10-25-22(29)15-14(11-26)18(23)16-17(19(15)24)21(28)13-9-6-5-8-12(13)20(16)27/h5-6,8-9,11H,2-4,7,10,23-24H2,1H3,(H,25,29). The van der Waals surface area contributed by atoms with Crippen LogP contribution in [-0.2, 0) is 0 Å². The van der Waals surface area contributed by atoms with Gasteiger partial charge in [-0.2, -0.15) is 0 Å². The maximum absolute atomic E-state index is 13.0. The van der Waals surface area contributed by atoms with Gasteiger partial charge in [0.15, 0.2) is 17.9 Å². The quantitative estimate of drug-likeness (QED) is 0.321. The normalized spacial score (nSPS) is 12.3. The smallest absolute Gasteiger partial charge is 0.254 e. The highest BCUT2D eigenvalue weighted by atomic mass is 16.2. The Morgan fingerprint density at radius 1 is 0.966 bits per heavy atom. The highest BCUT2D eigenvalue weighted by Crippen LogP contribution is 2.38. The van der Waals surface area contributed by atoms with Crippen LogP contribution >= 0.6 is 0 Å². The van der Waals surface area contributed by atoms with Crippen LogP contribution in [-0.4, -0.2) is 30.3 Å². The minimum absolute atomic E-state index is 0.118. The molecule has 0 spiro atoms. The summed E-state index contributed by atoms with van der Waals surface area (Å²) in [6, 6.07) is 6.31. The van der Waals surface area contributed by atoms with E-state index in [1.165, 1.54) is 12.1 Å². The van der Waals surface area contributed by atoms with Crippen LogP contribution in [0, 0.1) is 0 Å². The van der Waals surface area contributed by atoms with E-state index in [1.807, 2.05) is 0 Å². The van der Waals surface area contributed by atoms with Gasteiger partial charge in [0.2, 0.25) is 0 Å². The summed E-state index contributed by atoms with van der Waals surface area (Å²) in [7, 11) is 0. The molecule has 0 heterocycles. The fourth-order valence-corrected chi connectivity index (χ4v) is 3.64. The second kappa shape index (κ2) is 8.26. The molecule has 2 aromatic carbocycles. The molecule has 0 atom stereocenters. The fraction of sp³-hybridized carbons (Fsp3) is 0.273. The minimum atomic E-state index is -0.588. The fourth-order valence-electron chi connectivity index (χ4n) is 3.64. The molecule has 3 rings (SSSR count). The third-order valence-corrected chi connectivity index (χ3v) is 5.15. The summed E-state index contributed by atoms with van der Waals surface area (Å²) < 4.78 is 0. The van der Waals surface area contributed by atoms with Crippen LogP contribution in [0.1, 0.15) is 85.2 Å². The number of ketones is 2. The number of carbonyl (C=O) groups is 4. The van der Waals surface area contributed by atoms with E-state index in [9.17, 15) is 19.2 Å². The van der Waals surface area contributed by atoms with Gasteiger partial charge in [-0.05, 0) is 6.42 Å². The number of hydrogen-bond donors (Lipinski definition) is 3. The van der Waals surface area contributed by atoms with Crippen LogP contribution in [0.3, 0.4) is 0 Å². The molecule has 7 nitrogen and oxygen atoms in total. The monoisotopic (exact) mass is 393 g/mol. The van der Waals surface area contributed by atoms with Crippen molar-refractivity contribution in [1.29, 1.82) is 0 Å². The lowest BCUT2D eigenvalue weighted by atomic mass is 9.79. The van der Waals surface area contributed by atoms with Gasteiger partial charge in [0.25, 0.3) is 5.91 Å². The maximum atomic E-state index is 13.0. The lowest BCUT2D eigenvalue weighted by Crippen LogP contribution is -2.31. The van der Waals surface area contributed by atoms with E-state index < -0.39 is 17.5 Å². The number of benzene rings is 2. The SMILES string of the molecule is CCCCCCNC(=O)c1c(N)c2c(c(N)c1C=O)C(=O)c1ccccc1C2=O. The summed E-state index contributed by atoms with van der Waals surface area (Å²) >= 11 is 0. The van der Waals surface area contributed by atoms with Crippen molar-refractivity contribution in [3.63, 3.8) is 0 Å². The predicted molar refractivity (Wildman–Crippen MR) is 110 cm³/mol. The number of carbonyl (C=O) groups excluding carboxylic acids is 4. The molecule has 0 aliphatic heterocycles. The number of nitrogen functional groups attached to an aromatic ring is 2. The van der Waals surface area contributed by atoms with E-state index in [2.05, 4.69) is 12.2 Å². The molecule has 5 N–H and O–H groups in total. The van der Waals surface area contributed by atoms with Crippen molar-refractivity contribution in [2.45, 2.75) is 32.6 Å². The molecule has 1 amide bonds. The largest absolute Gasteiger partial charge is 0.398 e. The Hall–Kier alpha value is -3.48. The molecule has 0 radical (unpaired) electrons. The summed E-state index contributed by atoms with van der Waals surface area (Å²) in [4.78, 5) is 50.4. The van der Waals surface area contributed by atoms with Gasteiger partial charge >= 0.3 is 0 Å². The van der Waals surface area contributed by atoms with Crippen LogP contribution in [0.2, 0.25) is 0 Å². The van der Waals surface area contributed by atoms with Crippen molar-refractivity contribution >= 4 is 35.1 Å². The number of anilines is 2. The first kappa shape index (κ1) is 20.3. The van der Waals surface area contributed by atoms with E-state index in [0.29, 0.717) is 12.8 Å². The van der Waals surface area contributed by atoms with Crippen molar-refractivity contribution in [2.24, 2.45) is 0 Å². The van der Waals surface area contributed by atoms with Crippen molar-refractivity contribution in [3.05, 3.63) is 57.6 Å². The van der Waals surface area contributed by atoms with Gasteiger partial charge in [-0.15, -0.1) is 0 Å².